The van der Waals surface area contributed by atoms with Crippen LogP contribution >= 0.6 is 11.6 Å². The summed E-state index contributed by atoms with van der Waals surface area (Å²) in [6.45, 7) is 4.68. The van der Waals surface area contributed by atoms with Crippen LogP contribution in [0, 0.1) is 0 Å². The maximum atomic E-state index is 11.7. The van der Waals surface area contributed by atoms with Gasteiger partial charge in [0.05, 0.1) is 5.69 Å². The molecule has 5 nitrogen and oxygen atoms in total. The van der Waals surface area contributed by atoms with E-state index in [1.165, 1.54) is 0 Å². The minimum Gasteiger partial charge on any atom is -0.347 e. The second-order valence-electron chi connectivity index (χ2n) is 4.17. The van der Waals surface area contributed by atoms with Crippen molar-refractivity contribution >= 4 is 11.6 Å². The van der Waals surface area contributed by atoms with E-state index in [9.17, 15) is 4.79 Å². The first kappa shape index (κ1) is 13.5. The number of halogens is 1. The van der Waals surface area contributed by atoms with Crippen molar-refractivity contribution in [3.63, 3.8) is 0 Å². The molecule has 6 heteroatoms. The monoisotopic (exact) mass is 272 g/mol. The van der Waals surface area contributed by atoms with Crippen LogP contribution in [-0.4, -0.2) is 23.2 Å². The quantitative estimate of drug-likeness (QED) is 0.808. The zero-order valence-corrected chi connectivity index (χ0v) is 11.3. The van der Waals surface area contributed by atoms with E-state index in [2.05, 4.69) is 9.97 Å². The molecule has 0 aliphatic heterocycles. The molecule has 0 atom stereocenters. The maximum absolute atomic E-state index is 11.7. The third-order valence-electron chi connectivity index (χ3n) is 2.74. The Bertz CT molecular complexity index is 465. The van der Waals surface area contributed by atoms with Crippen LogP contribution in [0.4, 0.5) is 0 Å². The highest BCUT2D eigenvalue weighted by atomic mass is 35.5. The lowest BCUT2D eigenvalue weighted by Gasteiger charge is -2.18. The standard InChI is InChI=1S/C12H17ClN2O3/c1-3-17-12(18-4-2)9-8(13)11(16)15-10(14-9)7-5-6-7/h7,12H,3-6H2,1-2H3,(H,14,15,16). The molecule has 0 amide bonds. The molecule has 18 heavy (non-hydrogen) atoms. The molecular formula is C12H17ClN2O3. The van der Waals surface area contributed by atoms with Gasteiger partial charge in [0.1, 0.15) is 10.8 Å². The van der Waals surface area contributed by atoms with Crippen LogP contribution in [0.1, 0.15) is 50.4 Å². The lowest BCUT2D eigenvalue weighted by Crippen LogP contribution is -2.20. The molecule has 1 heterocycles. The SMILES string of the molecule is CCOC(OCC)c1[nH]c(C2CC2)nc(=O)c1Cl. The van der Waals surface area contributed by atoms with Crippen LogP contribution in [0.2, 0.25) is 5.02 Å². The van der Waals surface area contributed by atoms with Crippen molar-refractivity contribution < 1.29 is 9.47 Å². The molecule has 0 unspecified atom stereocenters. The summed E-state index contributed by atoms with van der Waals surface area (Å²) in [7, 11) is 0. The minimum atomic E-state index is -0.638. The first-order valence-electron chi connectivity index (χ1n) is 6.20. The molecule has 1 aliphatic rings. The number of rotatable bonds is 6. The van der Waals surface area contributed by atoms with Gasteiger partial charge in [-0.1, -0.05) is 11.6 Å². The summed E-state index contributed by atoms with van der Waals surface area (Å²) in [4.78, 5) is 18.8. The van der Waals surface area contributed by atoms with Gasteiger partial charge < -0.3 is 14.5 Å². The molecule has 1 N–H and O–H groups in total. The second-order valence-corrected chi connectivity index (χ2v) is 4.55. The molecule has 2 rings (SSSR count). The van der Waals surface area contributed by atoms with Gasteiger partial charge in [0.2, 0.25) is 6.29 Å². The third-order valence-corrected chi connectivity index (χ3v) is 3.11. The average Bonchev–Trinajstić information content (AvgIpc) is 3.16. The number of aromatic nitrogens is 2. The van der Waals surface area contributed by atoms with E-state index in [-0.39, 0.29) is 5.02 Å². The fourth-order valence-electron chi connectivity index (χ4n) is 1.72. The predicted octanol–water partition coefficient (Wildman–Crippen LogP) is 2.37. The summed E-state index contributed by atoms with van der Waals surface area (Å²) in [6.07, 6.45) is 1.47. The number of hydrogen-bond acceptors (Lipinski definition) is 4. The third kappa shape index (κ3) is 2.91. The Morgan fingerprint density at radius 2 is 2.00 bits per heavy atom. The summed E-state index contributed by atoms with van der Waals surface area (Å²) in [5, 5.41) is 0.0475. The Morgan fingerprint density at radius 1 is 1.39 bits per heavy atom. The Kier molecular flexibility index (Phi) is 4.37. The zero-order chi connectivity index (χ0) is 13.1. The number of nitrogens with zero attached hydrogens (tertiary/aromatic N) is 1. The van der Waals surface area contributed by atoms with E-state index < -0.39 is 11.8 Å². The summed E-state index contributed by atoms with van der Waals surface area (Å²) < 4.78 is 10.9. The molecule has 0 spiro atoms. The minimum absolute atomic E-state index is 0.0475. The van der Waals surface area contributed by atoms with Crippen LogP contribution < -0.4 is 5.56 Å². The number of H-pyrrole nitrogens is 1. The Balaban J connectivity index is 2.36. The van der Waals surface area contributed by atoms with E-state index in [4.69, 9.17) is 21.1 Å². The number of aromatic amines is 1. The Hall–Kier alpha value is -0.910. The van der Waals surface area contributed by atoms with Crippen molar-refractivity contribution in [2.24, 2.45) is 0 Å². The summed E-state index contributed by atoms with van der Waals surface area (Å²) in [5.41, 5.74) is 0.0546. The van der Waals surface area contributed by atoms with Gasteiger partial charge in [-0.05, 0) is 26.7 Å². The largest absolute Gasteiger partial charge is 0.347 e. The van der Waals surface area contributed by atoms with Crippen molar-refractivity contribution in [2.75, 3.05) is 13.2 Å². The second kappa shape index (κ2) is 5.82. The van der Waals surface area contributed by atoms with E-state index in [0.29, 0.717) is 30.7 Å². The van der Waals surface area contributed by atoms with Gasteiger partial charge in [0.15, 0.2) is 0 Å². The first-order chi connectivity index (χ1) is 8.67. The maximum Gasteiger partial charge on any atom is 0.292 e. The molecular weight excluding hydrogens is 256 g/mol. The fraction of sp³-hybridized carbons (Fsp3) is 0.667. The average molecular weight is 273 g/mol. The molecule has 1 aliphatic carbocycles. The molecule has 1 aromatic heterocycles. The highest BCUT2D eigenvalue weighted by molar-refractivity contribution is 6.31. The highest BCUT2D eigenvalue weighted by Crippen LogP contribution is 2.38. The van der Waals surface area contributed by atoms with Crippen LogP contribution in [0.5, 0.6) is 0 Å². The fourth-order valence-corrected chi connectivity index (χ4v) is 1.90. The Labute approximate surface area is 110 Å². The Morgan fingerprint density at radius 3 is 2.50 bits per heavy atom. The van der Waals surface area contributed by atoms with Gasteiger partial charge in [-0.2, -0.15) is 4.98 Å². The number of ether oxygens (including phenoxy) is 2. The van der Waals surface area contributed by atoms with Crippen molar-refractivity contribution in [1.29, 1.82) is 0 Å². The summed E-state index contributed by atoms with van der Waals surface area (Å²) in [5.74, 6) is 1.03. The smallest absolute Gasteiger partial charge is 0.292 e. The van der Waals surface area contributed by atoms with Gasteiger partial charge in [-0.3, -0.25) is 4.79 Å². The van der Waals surface area contributed by atoms with Crippen molar-refractivity contribution in [1.82, 2.24) is 9.97 Å². The highest BCUT2D eigenvalue weighted by Gasteiger charge is 2.29. The van der Waals surface area contributed by atoms with Gasteiger partial charge >= 0.3 is 0 Å². The van der Waals surface area contributed by atoms with Crippen molar-refractivity contribution in [2.45, 2.75) is 38.9 Å². The first-order valence-corrected chi connectivity index (χ1v) is 6.58. The number of hydrogen-bond donors (Lipinski definition) is 1. The lowest BCUT2D eigenvalue weighted by atomic mass is 10.3. The predicted molar refractivity (Wildman–Crippen MR) is 67.8 cm³/mol. The van der Waals surface area contributed by atoms with E-state index in [1.54, 1.807) is 0 Å². The van der Waals surface area contributed by atoms with Gasteiger partial charge in [0, 0.05) is 19.1 Å². The molecule has 0 radical (unpaired) electrons. The molecule has 0 saturated heterocycles. The summed E-state index contributed by atoms with van der Waals surface area (Å²) in [6, 6.07) is 0. The molecule has 1 aromatic rings. The normalized spacial score (nSPS) is 15.3. The van der Waals surface area contributed by atoms with Gasteiger partial charge in [0.25, 0.3) is 5.56 Å². The van der Waals surface area contributed by atoms with Crippen LogP contribution in [-0.2, 0) is 9.47 Å². The summed E-state index contributed by atoms with van der Waals surface area (Å²) >= 11 is 5.99. The van der Waals surface area contributed by atoms with Crippen molar-refractivity contribution in [3.8, 4) is 0 Å². The van der Waals surface area contributed by atoms with Crippen LogP contribution in [0.25, 0.3) is 0 Å². The molecule has 100 valence electrons. The number of nitrogens with one attached hydrogen (secondary N) is 1. The van der Waals surface area contributed by atoms with E-state index >= 15 is 0 Å². The molecule has 1 fully saturated rings. The molecule has 1 saturated carbocycles. The zero-order valence-electron chi connectivity index (χ0n) is 10.5. The van der Waals surface area contributed by atoms with Gasteiger partial charge in [-0.25, -0.2) is 0 Å². The lowest BCUT2D eigenvalue weighted by molar-refractivity contribution is -0.142. The molecule has 0 bridgehead atoms. The van der Waals surface area contributed by atoms with Crippen LogP contribution in [0.15, 0.2) is 4.79 Å². The van der Waals surface area contributed by atoms with Gasteiger partial charge in [-0.15, -0.1) is 0 Å². The molecule has 0 aromatic carbocycles. The van der Waals surface area contributed by atoms with E-state index in [1.807, 2.05) is 13.8 Å². The van der Waals surface area contributed by atoms with E-state index in [0.717, 1.165) is 12.8 Å². The topological polar surface area (TPSA) is 64.2 Å². The van der Waals surface area contributed by atoms with Crippen LogP contribution in [0.3, 0.4) is 0 Å². The van der Waals surface area contributed by atoms with Crippen molar-refractivity contribution in [3.05, 3.63) is 26.9 Å².